The summed E-state index contributed by atoms with van der Waals surface area (Å²) in [6.07, 6.45) is 4.09. The molecule has 0 spiro atoms. The monoisotopic (exact) mass is 474 g/mol. The smallest absolute Gasteiger partial charge is 0.266 e. The Bertz CT molecular complexity index is 1520. The van der Waals surface area contributed by atoms with Crippen LogP contribution in [0.5, 0.6) is 0 Å². The molecule has 4 rings (SSSR count). The van der Waals surface area contributed by atoms with E-state index in [1.165, 1.54) is 12.4 Å². The summed E-state index contributed by atoms with van der Waals surface area (Å²) in [7, 11) is 0. The first-order valence-corrected chi connectivity index (χ1v) is 10.7. The Balaban J connectivity index is 1.41. The second-order valence-corrected chi connectivity index (χ2v) is 7.47. The van der Waals surface area contributed by atoms with Crippen molar-refractivity contribution in [1.82, 2.24) is 24.8 Å². The van der Waals surface area contributed by atoms with Crippen molar-refractivity contribution in [2.75, 3.05) is 18.4 Å². The minimum Gasteiger partial charge on any atom is -0.354 e. The molecule has 176 valence electrons. The molecule has 0 aliphatic rings. The normalized spacial score (nSPS) is 10.5. The Morgan fingerprint density at radius 3 is 2.77 bits per heavy atom. The number of benzene rings is 2. The number of halogens is 2. The summed E-state index contributed by atoms with van der Waals surface area (Å²) in [5.41, 5.74) is 1.07. The molecule has 10 heteroatoms. The van der Waals surface area contributed by atoms with Gasteiger partial charge in [-0.25, -0.2) is 23.7 Å². The van der Waals surface area contributed by atoms with Crippen molar-refractivity contribution in [1.29, 1.82) is 0 Å². The van der Waals surface area contributed by atoms with Crippen LogP contribution in [-0.2, 0) is 6.54 Å². The number of rotatable bonds is 6. The Labute approximate surface area is 199 Å². The fraction of sp³-hybridized carbons (Fsp3) is 0.160. The summed E-state index contributed by atoms with van der Waals surface area (Å²) >= 11 is 0. The molecule has 35 heavy (non-hydrogen) atoms. The van der Waals surface area contributed by atoms with Crippen LogP contribution >= 0.6 is 0 Å². The first kappa shape index (κ1) is 23.5. The highest BCUT2D eigenvalue weighted by Crippen LogP contribution is 2.14. The van der Waals surface area contributed by atoms with Crippen LogP contribution < -0.4 is 16.2 Å². The van der Waals surface area contributed by atoms with Gasteiger partial charge in [-0.05, 0) is 42.8 Å². The number of nitrogens with one attached hydrogen (secondary N) is 2. The van der Waals surface area contributed by atoms with Crippen LogP contribution in [0, 0.1) is 23.5 Å². The lowest BCUT2D eigenvalue weighted by molar-refractivity contribution is 0.0956. The largest absolute Gasteiger partial charge is 0.354 e. The molecule has 0 fully saturated rings. The van der Waals surface area contributed by atoms with Crippen molar-refractivity contribution in [3.8, 4) is 11.8 Å². The molecule has 0 radical (unpaired) electrons. The van der Waals surface area contributed by atoms with Crippen LogP contribution in [0.25, 0.3) is 10.9 Å². The maximum absolute atomic E-state index is 13.4. The Kier molecular flexibility index (Phi) is 7.07. The molecule has 2 aromatic carbocycles. The van der Waals surface area contributed by atoms with E-state index in [0.29, 0.717) is 11.5 Å². The Morgan fingerprint density at radius 2 is 1.97 bits per heavy atom. The standard InChI is InChI=1S/C25H20F2N6O2/c1-2-29-25-31-12-18-10-16(6-8-22(18)32-25)4-3-9-30-23(34)19-13-28-15-33(24(19)35)14-17-5-7-20(26)21(27)11-17/h5-8,10-13,15H,2,9,14H2,1H3,(H,30,34)(H,29,31,32). The number of carbonyl (C=O) groups is 1. The fourth-order valence-electron chi connectivity index (χ4n) is 3.27. The lowest BCUT2D eigenvalue weighted by Crippen LogP contribution is -2.33. The minimum atomic E-state index is -1.02. The van der Waals surface area contributed by atoms with E-state index >= 15 is 0 Å². The van der Waals surface area contributed by atoms with Gasteiger partial charge >= 0.3 is 0 Å². The van der Waals surface area contributed by atoms with Crippen LogP contribution in [0.1, 0.15) is 28.4 Å². The average molecular weight is 474 g/mol. The van der Waals surface area contributed by atoms with Gasteiger partial charge in [-0.3, -0.25) is 14.2 Å². The third-order valence-corrected chi connectivity index (χ3v) is 4.97. The van der Waals surface area contributed by atoms with Gasteiger partial charge < -0.3 is 10.6 Å². The van der Waals surface area contributed by atoms with Gasteiger partial charge in [0.15, 0.2) is 11.6 Å². The van der Waals surface area contributed by atoms with Crippen molar-refractivity contribution in [2.24, 2.45) is 0 Å². The van der Waals surface area contributed by atoms with Gasteiger partial charge in [0.25, 0.3) is 11.5 Å². The molecule has 2 N–H and O–H groups in total. The van der Waals surface area contributed by atoms with Crippen LogP contribution in [0.15, 0.2) is 59.9 Å². The van der Waals surface area contributed by atoms with Crippen molar-refractivity contribution in [3.05, 3.63) is 93.8 Å². The van der Waals surface area contributed by atoms with Gasteiger partial charge in [0, 0.05) is 29.9 Å². The van der Waals surface area contributed by atoms with E-state index in [1.54, 1.807) is 6.20 Å². The Hall–Kier alpha value is -4.65. The van der Waals surface area contributed by atoms with Gasteiger partial charge in [-0.2, -0.15) is 0 Å². The summed E-state index contributed by atoms with van der Waals surface area (Å²) in [6.45, 7) is 2.63. The number of hydrogen-bond acceptors (Lipinski definition) is 6. The number of fused-ring (bicyclic) bond motifs is 1. The SMILES string of the molecule is CCNc1ncc2cc(C#CCNC(=O)c3cncn(Cc4ccc(F)c(F)c4)c3=O)ccc2n1. The number of carbonyl (C=O) groups excluding carboxylic acids is 1. The van der Waals surface area contributed by atoms with E-state index in [0.717, 1.165) is 45.9 Å². The summed E-state index contributed by atoms with van der Waals surface area (Å²) < 4.78 is 27.7. The van der Waals surface area contributed by atoms with Crippen molar-refractivity contribution >= 4 is 22.8 Å². The van der Waals surface area contributed by atoms with Gasteiger partial charge in [0.05, 0.1) is 24.9 Å². The Morgan fingerprint density at radius 1 is 1.11 bits per heavy atom. The second kappa shape index (κ2) is 10.5. The maximum Gasteiger partial charge on any atom is 0.266 e. The molecule has 2 heterocycles. The van der Waals surface area contributed by atoms with E-state index in [-0.39, 0.29) is 18.7 Å². The van der Waals surface area contributed by atoms with E-state index in [4.69, 9.17) is 0 Å². The number of hydrogen-bond donors (Lipinski definition) is 2. The molecule has 1 amide bonds. The van der Waals surface area contributed by atoms with Crippen LogP contribution in [0.3, 0.4) is 0 Å². The fourth-order valence-corrected chi connectivity index (χ4v) is 3.27. The number of aromatic nitrogens is 4. The van der Waals surface area contributed by atoms with Crippen LogP contribution in [0.4, 0.5) is 14.7 Å². The molecule has 0 saturated heterocycles. The lowest BCUT2D eigenvalue weighted by atomic mass is 10.1. The predicted molar refractivity (Wildman–Crippen MR) is 127 cm³/mol. The summed E-state index contributed by atoms with van der Waals surface area (Å²) in [5.74, 6) is 3.71. The van der Waals surface area contributed by atoms with Crippen LogP contribution in [-0.4, -0.2) is 38.5 Å². The summed E-state index contributed by atoms with van der Waals surface area (Å²) in [6, 6.07) is 8.82. The van der Waals surface area contributed by atoms with Gasteiger partial charge in [-0.15, -0.1) is 0 Å². The molecule has 0 saturated carbocycles. The number of anilines is 1. The molecular weight excluding hydrogens is 454 g/mol. The van der Waals surface area contributed by atoms with Gasteiger partial charge in [0.1, 0.15) is 5.56 Å². The maximum atomic E-state index is 13.4. The van der Waals surface area contributed by atoms with Gasteiger partial charge in [-0.1, -0.05) is 17.9 Å². The quantitative estimate of drug-likeness (QED) is 0.417. The second-order valence-electron chi connectivity index (χ2n) is 7.47. The number of nitrogens with zero attached hydrogens (tertiary/aromatic N) is 4. The summed E-state index contributed by atoms with van der Waals surface area (Å²) in [4.78, 5) is 37.7. The molecule has 4 aromatic rings. The lowest BCUT2D eigenvalue weighted by Gasteiger charge is -2.08. The van der Waals surface area contributed by atoms with Crippen molar-refractivity contribution in [2.45, 2.75) is 13.5 Å². The average Bonchev–Trinajstić information content (AvgIpc) is 2.85. The third-order valence-electron chi connectivity index (χ3n) is 4.97. The zero-order chi connectivity index (χ0) is 24.8. The predicted octanol–water partition coefficient (Wildman–Crippen LogP) is 2.73. The summed E-state index contributed by atoms with van der Waals surface area (Å²) in [5, 5.41) is 6.46. The highest BCUT2D eigenvalue weighted by molar-refractivity contribution is 5.93. The van der Waals surface area contributed by atoms with E-state index in [2.05, 4.69) is 37.4 Å². The molecular formula is C25H20F2N6O2. The molecule has 0 bridgehead atoms. The van der Waals surface area contributed by atoms with E-state index in [1.807, 2.05) is 25.1 Å². The molecule has 0 atom stereocenters. The van der Waals surface area contributed by atoms with Gasteiger partial charge in [0.2, 0.25) is 5.95 Å². The molecule has 8 nitrogen and oxygen atoms in total. The zero-order valence-corrected chi connectivity index (χ0v) is 18.7. The number of amides is 1. The molecule has 0 aliphatic carbocycles. The minimum absolute atomic E-state index is 0.00420. The topological polar surface area (TPSA) is 102 Å². The van der Waals surface area contributed by atoms with Crippen molar-refractivity contribution < 1.29 is 13.6 Å². The molecule has 0 aliphatic heterocycles. The van der Waals surface area contributed by atoms with E-state index < -0.39 is 23.1 Å². The first-order chi connectivity index (χ1) is 16.9. The molecule has 0 unspecified atom stereocenters. The first-order valence-electron chi connectivity index (χ1n) is 10.7. The molecule has 2 aromatic heterocycles. The highest BCUT2D eigenvalue weighted by Gasteiger charge is 2.13. The highest BCUT2D eigenvalue weighted by atomic mass is 19.2. The third kappa shape index (κ3) is 5.65. The van der Waals surface area contributed by atoms with E-state index in [9.17, 15) is 18.4 Å². The van der Waals surface area contributed by atoms with Crippen molar-refractivity contribution in [3.63, 3.8) is 0 Å². The van der Waals surface area contributed by atoms with Crippen LogP contribution in [0.2, 0.25) is 0 Å². The zero-order valence-electron chi connectivity index (χ0n) is 18.7.